The van der Waals surface area contributed by atoms with Gasteiger partial charge in [0.25, 0.3) is 0 Å². The van der Waals surface area contributed by atoms with Gasteiger partial charge in [0.05, 0.1) is 17.5 Å². The standard InChI is InChI=1S/C30H27NO3/c1-21-6-8-22(9-7-21)10-11-23-12-14-24(15-13-23)29(16-17-29)28(33)31-19-18-30(20-31)26-5-3-2-4-25(26)27(32)34-30/h2-15H,16-20H2,1H3/t30-/m0/s1. The SMILES string of the molecule is Cc1ccc(C=Cc2ccc(C3(C(=O)N4CC[C@@]5(C4)OC(=O)c4ccccc45)CC3)cc2)cc1. The first kappa shape index (κ1) is 20.9. The van der Waals surface area contributed by atoms with Crippen LogP contribution in [0.25, 0.3) is 12.2 Å². The topological polar surface area (TPSA) is 46.6 Å². The number of esters is 1. The minimum atomic E-state index is -0.690. The summed E-state index contributed by atoms with van der Waals surface area (Å²) in [6, 6.07) is 24.4. The van der Waals surface area contributed by atoms with Gasteiger partial charge in [0, 0.05) is 18.5 Å². The first-order valence-electron chi connectivity index (χ1n) is 12.0. The highest BCUT2D eigenvalue weighted by Crippen LogP contribution is 2.52. The third kappa shape index (κ3) is 3.37. The average Bonchev–Trinajstić information content (AvgIpc) is 3.50. The number of ether oxygens (including phenoxy) is 1. The molecule has 6 rings (SSSR count). The van der Waals surface area contributed by atoms with Crippen LogP contribution in [-0.2, 0) is 20.5 Å². The van der Waals surface area contributed by atoms with E-state index in [4.69, 9.17) is 4.74 Å². The maximum absolute atomic E-state index is 13.7. The van der Waals surface area contributed by atoms with Crippen LogP contribution in [0.1, 0.15) is 57.4 Å². The second-order valence-corrected chi connectivity index (χ2v) is 9.85. The van der Waals surface area contributed by atoms with Crippen LogP contribution in [0.5, 0.6) is 0 Å². The van der Waals surface area contributed by atoms with Gasteiger partial charge in [-0.3, -0.25) is 4.79 Å². The van der Waals surface area contributed by atoms with Crippen molar-refractivity contribution < 1.29 is 14.3 Å². The average molecular weight is 450 g/mol. The number of carbonyl (C=O) groups is 2. The van der Waals surface area contributed by atoms with Crippen LogP contribution in [0.15, 0.2) is 72.8 Å². The van der Waals surface area contributed by atoms with E-state index >= 15 is 0 Å². The summed E-state index contributed by atoms with van der Waals surface area (Å²) in [5.41, 5.74) is 5.03. The van der Waals surface area contributed by atoms with E-state index in [1.165, 1.54) is 11.1 Å². The van der Waals surface area contributed by atoms with Gasteiger partial charge in [-0.1, -0.05) is 84.4 Å². The Balaban J connectivity index is 1.18. The monoisotopic (exact) mass is 449 g/mol. The number of rotatable bonds is 4. The predicted octanol–water partition coefficient (Wildman–Crippen LogP) is 5.50. The molecule has 3 aromatic rings. The van der Waals surface area contributed by atoms with Crippen molar-refractivity contribution in [2.45, 2.75) is 37.2 Å². The number of aryl methyl sites for hydroxylation is 1. The van der Waals surface area contributed by atoms with Crippen LogP contribution in [0.4, 0.5) is 0 Å². The Labute approximate surface area is 199 Å². The molecular formula is C30H27NO3. The van der Waals surface area contributed by atoms with Gasteiger partial charge in [-0.05, 0) is 42.5 Å². The second kappa shape index (κ2) is 7.69. The van der Waals surface area contributed by atoms with Crippen LogP contribution < -0.4 is 0 Å². The summed E-state index contributed by atoms with van der Waals surface area (Å²) in [5, 5.41) is 0. The van der Waals surface area contributed by atoms with E-state index in [9.17, 15) is 9.59 Å². The molecule has 4 nitrogen and oxygen atoms in total. The van der Waals surface area contributed by atoms with Crippen LogP contribution in [0, 0.1) is 6.92 Å². The number of nitrogens with zero attached hydrogens (tertiary/aromatic N) is 1. The summed E-state index contributed by atoms with van der Waals surface area (Å²) in [5.74, 6) is -0.118. The number of amides is 1. The predicted molar refractivity (Wildman–Crippen MR) is 132 cm³/mol. The van der Waals surface area contributed by atoms with Crippen molar-refractivity contribution >= 4 is 24.0 Å². The molecule has 170 valence electrons. The summed E-state index contributed by atoms with van der Waals surface area (Å²) < 4.78 is 5.84. The Morgan fingerprint density at radius 2 is 1.53 bits per heavy atom. The number of carbonyl (C=O) groups excluding carboxylic acids is 2. The first-order valence-corrected chi connectivity index (χ1v) is 12.0. The van der Waals surface area contributed by atoms with E-state index in [2.05, 4.69) is 67.6 Å². The maximum atomic E-state index is 13.7. The third-order valence-electron chi connectivity index (χ3n) is 7.61. The fourth-order valence-electron chi connectivity index (χ4n) is 5.44. The molecule has 0 aromatic heterocycles. The molecule has 1 atom stereocenters. The molecule has 3 aliphatic rings. The minimum Gasteiger partial charge on any atom is -0.449 e. The Kier molecular flexibility index (Phi) is 4.73. The van der Waals surface area contributed by atoms with Gasteiger partial charge in [-0.25, -0.2) is 4.79 Å². The van der Waals surface area contributed by atoms with E-state index in [0.29, 0.717) is 25.1 Å². The van der Waals surface area contributed by atoms with Gasteiger partial charge in [-0.15, -0.1) is 0 Å². The van der Waals surface area contributed by atoms with Crippen LogP contribution in [-0.4, -0.2) is 29.9 Å². The molecule has 1 saturated carbocycles. The molecule has 0 N–H and O–H groups in total. The number of benzene rings is 3. The third-order valence-corrected chi connectivity index (χ3v) is 7.61. The molecule has 2 aliphatic heterocycles. The maximum Gasteiger partial charge on any atom is 0.339 e. The van der Waals surface area contributed by atoms with Crippen molar-refractivity contribution in [2.75, 3.05) is 13.1 Å². The van der Waals surface area contributed by atoms with E-state index < -0.39 is 11.0 Å². The van der Waals surface area contributed by atoms with Crippen molar-refractivity contribution in [1.82, 2.24) is 4.90 Å². The molecule has 0 bridgehead atoms. The molecule has 1 spiro atoms. The number of fused-ring (bicyclic) bond motifs is 2. The van der Waals surface area contributed by atoms with Gasteiger partial charge in [0.1, 0.15) is 0 Å². The van der Waals surface area contributed by atoms with Crippen molar-refractivity contribution in [3.8, 4) is 0 Å². The number of hydrogen-bond donors (Lipinski definition) is 0. The Morgan fingerprint density at radius 1 is 0.882 bits per heavy atom. The Bertz CT molecular complexity index is 1300. The second-order valence-electron chi connectivity index (χ2n) is 9.85. The molecule has 0 radical (unpaired) electrons. The lowest BCUT2D eigenvalue weighted by Crippen LogP contribution is -2.40. The van der Waals surface area contributed by atoms with Gasteiger partial charge in [0.15, 0.2) is 5.60 Å². The minimum absolute atomic E-state index is 0.160. The molecule has 4 heteroatoms. The van der Waals surface area contributed by atoms with E-state index in [0.717, 1.165) is 29.5 Å². The fraction of sp³-hybridized carbons (Fsp3) is 0.267. The Hall–Kier alpha value is -3.66. The number of hydrogen-bond acceptors (Lipinski definition) is 3. The molecule has 2 heterocycles. The van der Waals surface area contributed by atoms with Crippen molar-refractivity contribution in [3.63, 3.8) is 0 Å². The molecule has 1 aliphatic carbocycles. The fourth-order valence-corrected chi connectivity index (χ4v) is 5.44. The quantitative estimate of drug-likeness (QED) is 0.391. The van der Waals surface area contributed by atoms with Crippen molar-refractivity contribution in [3.05, 3.63) is 106 Å². The highest BCUT2D eigenvalue weighted by molar-refractivity contribution is 5.96. The van der Waals surface area contributed by atoms with Crippen molar-refractivity contribution in [1.29, 1.82) is 0 Å². The molecule has 34 heavy (non-hydrogen) atoms. The van der Waals surface area contributed by atoms with Crippen LogP contribution in [0.2, 0.25) is 0 Å². The lowest BCUT2D eigenvalue weighted by atomic mass is 9.91. The summed E-state index contributed by atoms with van der Waals surface area (Å²) in [6.07, 6.45) is 6.59. The molecule has 3 aromatic carbocycles. The van der Waals surface area contributed by atoms with E-state index in [-0.39, 0.29) is 11.9 Å². The van der Waals surface area contributed by atoms with Gasteiger partial charge < -0.3 is 9.64 Å². The highest BCUT2D eigenvalue weighted by atomic mass is 16.6. The van der Waals surface area contributed by atoms with E-state index in [1.807, 2.05) is 29.2 Å². The molecular weight excluding hydrogens is 422 g/mol. The van der Waals surface area contributed by atoms with Gasteiger partial charge in [-0.2, -0.15) is 0 Å². The normalized spacial score (nSPS) is 22.3. The lowest BCUT2D eigenvalue weighted by Gasteiger charge is -2.27. The Morgan fingerprint density at radius 3 is 2.21 bits per heavy atom. The van der Waals surface area contributed by atoms with Crippen LogP contribution >= 0.6 is 0 Å². The van der Waals surface area contributed by atoms with Crippen molar-refractivity contribution in [2.24, 2.45) is 0 Å². The molecule has 0 unspecified atom stereocenters. The van der Waals surface area contributed by atoms with E-state index in [1.54, 1.807) is 0 Å². The van der Waals surface area contributed by atoms with Gasteiger partial charge >= 0.3 is 5.97 Å². The molecule has 1 amide bonds. The zero-order chi connectivity index (χ0) is 23.3. The summed E-state index contributed by atoms with van der Waals surface area (Å²) in [6.45, 7) is 3.13. The zero-order valence-electron chi connectivity index (χ0n) is 19.3. The summed E-state index contributed by atoms with van der Waals surface area (Å²) in [4.78, 5) is 28.0. The molecule has 1 saturated heterocycles. The van der Waals surface area contributed by atoms with Crippen LogP contribution in [0.3, 0.4) is 0 Å². The summed E-state index contributed by atoms with van der Waals surface area (Å²) >= 11 is 0. The largest absolute Gasteiger partial charge is 0.449 e. The summed E-state index contributed by atoms with van der Waals surface area (Å²) in [7, 11) is 0. The highest BCUT2D eigenvalue weighted by Gasteiger charge is 2.57. The zero-order valence-corrected chi connectivity index (χ0v) is 19.3. The number of likely N-dealkylation sites (tertiary alicyclic amines) is 1. The smallest absolute Gasteiger partial charge is 0.339 e. The molecule has 2 fully saturated rings. The first-order chi connectivity index (χ1) is 16.5. The lowest BCUT2D eigenvalue weighted by molar-refractivity contribution is -0.134. The van der Waals surface area contributed by atoms with Gasteiger partial charge in [0.2, 0.25) is 5.91 Å².